The lowest BCUT2D eigenvalue weighted by Gasteiger charge is -2.16. The van der Waals surface area contributed by atoms with Crippen molar-refractivity contribution < 1.29 is 0 Å². The van der Waals surface area contributed by atoms with Gasteiger partial charge in [-0.3, -0.25) is 0 Å². The molecule has 3 heteroatoms. The van der Waals surface area contributed by atoms with E-state index in [2.05, 4.69) is 158 Å². The van der Waals surface area contributed by atoms with Gasteiger partial charge in [0.1, 0.15) is 0 Å². The van der Waals surface area contributed by atoms with Gasteiger partial charge in [0.05, 0.1) is 22.4 Å². The normalized spacial score (nSPS) is 11.3. The van der Waals surface area contributed by atoms with Gasteiger partial charge in [-0.1, -0.05) is 146 Å². The SMILES string of the molecule is Cc1ccccc1-c1c(C)cccc1-c1ccc2c3ccccc3n(-c3ccc(-c4cc(-c5ccccc5)nc(-c5ccccc5)n4)cc3)c2c1. The highest BCUT2D eigenvalue weighted by molar-refractivity contribution is 6.10. The first-order chi connectivity index (χ1) is 25.1. The third-order valence-corrected chi connectivity index (χ3v) is 9.92. The summed E-state index contributed by atoms with van der Waals surface area (Å²) in [4.78, 5) is 10.0. The van der Waals surface area contributed by atoms with Crippen LogP contribution in [0.4, 0.5) is 0 Å². The van der Waals surface area contributed by atoms with Crippen molar-refractivity contribution in [3.05, 3.63) is 187 Å². The van der Waals surface area contributed by atoms with E-state index in [1.165, 1.54) is 55.2 Å². The number of nitrogens with zero attached hydrogens (tertiary/aromatic N) is 3. The molecule has 0 N–H and O–H groups in total. The molecular weight excluding hydrogens is 619 g/mol. The molecular formula is C48H35N3. The quantitative estimate of drug-likeness (QED) is 0.179. The number of fused-ring (bicyclic) bond motifs is 3. The number of rotatable bonds is 6. The second kappa shape index (κ2) is 12.7. The van der Waals surface area contributed by atoms with Gasteiger partial charge in [-0.15, -0.1) is 0 Å². The van der Waals surface area contributed by atoms with Crippen LogP contribution in [0, 0.1) is 13.8 Å². The number of aromatic nitrogens is 3. The molecule has 0 aliphatic carbocycles. The van der Waals surface area contributed by atoms with Crippen LogP contribution in [0.5, 0.6) is 0 Å². The van der Waals surface area contributed by atoms with Gasteiger partial charge < -0.3 is 4.57 Å². The molecule has 0 saturated heterocycles. The Morgan fingerprint density at radius 3 is 1.71 bits per heavy atom. The fourth-order valence-corrected chi connectivity index (χ4v) is 7.38. The maximum Gasteiger partial charge on any atom is 0.160 e. The molecule has 0 bridgehead atoms. The average molecular weight is 654 g/mol. The van der Waals surface area contributed by atoms with Gasteiger partial charge in [0, 0.05) is 33.2 Å². The Bertz CT molecular complexity index is 2630. The summed E-state index contributed by atoms with van der Waals surface area (Å²) in [7, 11) is 0. The molecule has 0 spiro atoms. The Morgan fingerprint density at radius 2 is 0.961 bits per heavy atom. The van der Waals surface area contributed by atoms with Crippen LogP contribution in [0.3, 0.4) is 0 Å². The highest BCUT2D eigenvalue weighted by Gasteiger charge is 2.17. The van der Waals surface area contributed by atoms with E-state index in [9.17, 15) is 0 Å². The van der Waals surface area contributed by atoms with Crippen molar-refractivity contribution in [1.29, 1.82) is 0 Å². The summed E-state index contributed by atoms with van der Waals surface area (Å²) in [6.45, 7) is 4.41. The summed E-state index contributed by atoms with van der Waals surface area (Å²) in [6.07, 6.45) is 0. The first-order valence-electron chi connectivity index (χ1n) is 17.4. The number of hydrogen-bond acceptors (Lipinski definition) is 2. The van der Waals surface area contributed by atoms with Crippen LogP contribution in [0.25, 0.3) is 83.6 Å². The minimum absolute atomic E-state index is 0.715. The fourth-order valence-electron chi connectivity index (χ4n) is 7.38. The Balaban J connectivity index is 1.19. The Kier molecular flexibility index (Phi) is 7.59. The van der Waals surface area contributed by atoms with Crippen molar-refractivity contribution in [3.8, 4) is 61.8 Å². The molecule has 2 heterocycles. The van der Waals surface area contributed by atoms with E-state index >= 15 is 0 Å². The lowest BCUT2D eigenvalue weighted by Crippen LogP contribution is -1.97. The van der Waals surface area contributed by atoms with Crippen molar-refractivity contribution in [1.82, 2.24) is 14.5 Å². The lowest BCUT2D eigenvalue weighted by atomic mass is 9.89. The van der Waals surface area contributed by atoms with Crippen LogP contribution in [-0.4, -0.2) is 14.5 Å². The van der Waals surface area contributed by atoms with Gasteiger partial charge in [-0.05, 0) is 77.6 Å². The maximum absolute atomic E-state index is 5.07. The summed E-state index contributed by atoms with van der Waals surface area (Å²) >= 11 is 0. The van der Waals surface area contributed by atoms with Gasteiger partial charge in [0.25, 0.3) is 0 Å². The highest BCUT2D eigenvalue weighted by atomic mass is 15.0. The van der Waals surface area contributed by atoms with E-state index in [0.29, 0.717) is 5.82 Å². The molecule has 0 fully saturated rings. The van der Waals surface area contributed by atoms with Crippen LogP contribution >= 0.6 is 0 Å². The summed E-state index contributed by atoms with van der Waals surface area (Å²) in [5.74, 6) is 0.715. The lowest BCUT2D eigenvalue weighted by molar-refractivity contribution is 1.17. The molecule has 0 radical (unpaired) electrons. The molecule has 0 aliphatic heterocycles. The van der Waals surface area contributed by atoms with Crippen molar-refractivity contribution in [2.75, 3.05) is 0 Å². The zero-order valence-corrected chi connectivity index (χ0v) is 28.6. The van der Waals surface area contributed by atoms with Gasteiger partial charge in [0.15, 0.2) is 5.82 Å². The van der Waals surface area contributed by atoms with E-state index in [0.717, 1.165) is 33.8 Å². The number of para-hydroxylation sites is 1. The van der Waals surface area contributed by atoms with E-state index in [4.69, 9.17) is 9.97 Å². The van der Waals surface area contributed by atoms with Gasteiger partial charge >= 0.3 is 0 Å². The third kappa shape index (κ3) is 5.50. The van der Waals surface area contributed by atoms with Crippen molar-refractivity contribution in [2.45, 2.75) is 13.8 Å². The van der Waals surface area contributed by atoms with Gasteiger partial charge in [-0.2, -0.15) is 0 Å². The zero-order valence-electron chi connectivity index (χ0n) is 28.6. The minimum atomic E-state index is 0.715. The predicted molar refractivity (Wildman–Crippen MR) is 213 cm³/mol. The molecule has 0 unspecified atom stereocenters. The van der Waals surface area contributed by atoms with Crippen molar-refractivity contribution in [3.63, 3.8) is 0 Å². The fraction of sp³-hybridized carbons (Fsp3) is 0.0417. The molecule has 2 aromatic heterocycles. The summed E-state index contributed by atoms with van der Waals surface area (Å²) < 4.78 is 2.39. The van der Waals surface area contributed by atoms with Crippen LogP contribution in [-0.2, 0) is 0 Å². The highest BCUT2D eigenvalue weighted by Crippen LogP contribution is 2.40. The van der Waals surface area contributed by atoms with E-state index in [1.807, 2.05) is 36.4 Å². The molecule has 9 rings (SSSR count). The second-order valence-corrected chi connectivity index (χ2v) is 13.1. The molecule has 0 saturated carbocycles. The molecule has 0 atom stereocenters. The largest absolute Gasteiger partial charge is 0.309 e. The van der Waals surface area contributed by atoms with Gasteiger partial charge in [-0.25, -0.2) is 9.97 Å². The monoisotopic (exact) mass is 653 g/mol. The van der Waals surface area contributed by atoms with E-state index in [1.54, 1.807) is 0 Å². The topological polar surface area (TPSA) is 30.7 Å². The third-order valence-electron chi connectivity index (χ3n) is 9.92. The average Bonchev–Trinajstić information content (AvgIpc) is 3.52. The smallest absolute Gasteiger partial charge is 0.160 e. The van der Waals surface area contributed by atoms with Gasteiger partial charge in [0.2, 0.25) is 0 Å². The van der Waals surface area contributed by atoms with Crippen LogP contribution in [0.15, 0.2) is 176 Å². The molecule has 0 amide bonds. The van der Waals surface area contributed by atoms with E-state index in [-0.39, 0.29) is 0 Å². The maximum atomic E-state index is 5.07. The molecule has 0 aliphatic rings. The Morgan fingerprint density at radius 1 is 0.392 bits per heavy atom. The molecule has 3 nitrogen and oxygen atoms in total. The van der Waals surface area contributed by atoms with Crippen LogP contribution in [0.2, 0.25) is 0 Å². The van der Waals surface area contributed by atoms with Crippen LogP contribution < -0.4 is 0 Å². The number of benzene rings is 7. The number of aryl methyl sites for hydroxylation is 2. The summed E-state index contributed by atoms with van der Waals surface area (Å²) in [5, 5.41) is 2.47. The summed E-state index contributed by atoms with van der Waals surface area (Å²) in [6, 6.07) is 62.4. The summed E-state index contributed by atoms with van der Waals surface area (Å²) in [5.41, 5.74) is 15.9. The molecule has 242 valence electrons. The first-order valence-corrected chi connectivity index (χ1v) is 17.4. The van der Waals surface area contributed by atoms with Crippen molar-refractivity contribution in [2.24, 2.45) is 0 Å². The number of hydrogen-bond donors (Lipinski definition) is 0. The zero-order chi connectivity index (χ0) is 34.3. The first kappa shape index (κ1) is 30.5. The van der Waals surface area contributed by atoms with Crippen LogP contribution in [0.1, 0.15) is 11.1 Å². The van der Waals surface area contributed by atoms with E-state index < -0.39 is 0 Å². The Hall–Kier alpha value is -6.58. The molecule has 7 aromatic carbocycles. The standard InChI is InChI=1S/C48H35N3/c1-32-14-9-10-20-39(32)47-33(2)15-13-22-40(47)37-26-29-42-41-21-11-12-23-45(41)51(46(42)30-37)38-27-24-35(25-28-38)44-31-43(34-16-5-3-6-17-34)49-48(50-44)36-18-7-4-8-19-36/h3-31H,1-2H3. The predicted octanol–water partition coefficient (Wildman–Crippen LogP) is 12.5. The molecule has 9 aromatic rings. The second-order valence-electron chi connectivity index (χ2n) is 13.1. The Labute approximate surface area is 298 Å². The minimum Gasteiger partial charge on any atom is -0.309 e. The van der Waals surface area contributed by atoms with Crippen molar-refractivity contribution >= 4 is 21.8 Å². The molecule has 51 heavy (non-hydrogen) atoms.